The number of carbonyl (C=O) groups is 2. The number of rotatable bonds is 9. The number of carbonyl (C=O) groups excluding carboxylic acids is 2. The number of aliphatic hydroxyl groups is 1. The van der Waals surface area contributed by atoms with Crippen LogP contribution in [0.25, 0.3) is 0 Å². The predicted octanol–water partition coefficient (Wildman–Crippen LogP) is 4.25. The molecular formula is C32H45ClN4O5. The summed E-state index contributed by atoms with van der Waals surface area (Å²) in [5, 5.41) is 26.0. The molecule has 1 aromatic carbocycles. The standard InChI is InChI=1S/C32H44N4O5.ClH/c1-3-4-18-35-30(38)28(29(37)25-8-6-5-7-9-25)33-31(39)32(35)16-19-34(20-17-32)21-24-11-14-26(15-12-24)41-27-13-10-23(2)36(40)22-27;/h10-15,22,25,28-29,37H,3-9,16-21H2,1-2H3,(H,33,39);1H/t28-,29-;/m1./s1. The maximum absolute atomic E-state index is 13.8. The minimum absolute atomic E-state index is 0. The third-order valence-corrected chi connectivity index (χ3v) is 9.30. The molecule has 1 aliphatic carbocycles. The quantitative estimate of drug-likeness (QED) is 0.329. The second kappa shape index (κ2) is 14.1. The molecule has 3 aliphatic rings. The van der Waals surface area contributed by atoms with Crippen molar-refractivity contribution in [3.8, 4) is 11.5 Å². The summed E-state index contributed by atoms with van der Waals surface area (Å²) < 4.78 is 6.62. The Labute approximate surface area is 255 Å². The lowest BCUT2D eigenvalue weighted by molar-refractivity contribution is -0.612. The Hall–Kier alpha value is -2.88. The van der Waals surface area contributed by atoms with Crippen LogP contribution in [0.1, 0.15) is 76.0 Å². The second-order valence-electron chi connectivity index (χ2n) is 12.1. The fourth-order valence-corrected chi connectivity index (χ4v) is 6.69. The number of hydrogen-bond donors (Lipinski definition) is 2. The molecule has 0 unspecified atom stereocenters. The monoisotopic (exact) mass is 600 g/mol. The maximum atomic E-state index is 13.8. The van der Waals surface area contributed by atoms with E-state index in [4.69, 9.17) is 4.74 Å². The number of unbranched alkanes of at least 4 members (excludes halogenated alkanes) is 1. The number of nitrogens with zero attached hydrogens (tertiary/aromatic N) is 3. The van der Waals surface area contributed by atoms with Gasteiger partial charge in [-0.2, -0.15) is 4.73 Å². The van der Waals surface area contributed by atoms with Gasteiger partial charge in [-0.15, -0.1) is 12.4 Å². The third-order valence-electron chi connectivity index (χ3n) is 9.30. The van der Waals surface area contributed by atoms with E-state index >= 15 is 0 Å². The number of nitrogens with one attached hydrogen (secondary N) is 1. The van der Waals surface area contributed by atoms with E-state index in [0.717, 1.165) is 55.4 Å². The van der Waals surface area contributed by atoms with Crippen molar-refractivity contribution in [2.24, 2.45) is 5.92 Å². The molecule has 2 saturated heterocycles. The number of ether oxygens (including phenoxy) is 1. The van der Waals surface area contributed by atoms with Crippen molar-refractivity contribution in [3.63, 3.8) is 0 Å². The number of benzene rings is 1. The van der Waals surface area contributed by atoms with Crippen molar-refractivity contribution < 1.29 is 24.2 Å². The van der Waals surface area contributed by atoms with Crippen LogP contribution in [0.3, 0.4) is 0 Å². The van der Waals surface area contributed by atoms with Crippen molar-refractivity contribution >= 4 is 24.2 Å². The Balaban J connectivity index is 0.00000405. The van der Waals surface area contributed by atoms with Crippen molar-refractivity contribution in [3.05, 3.63) is 59.1 Å². The van der Waals surface area contributed by atoms with E-state index in [2.05, 4.69) is 17.1 Å². The molecular weight excluding hydrogens is 556 g/mol. The summed E-state index contributed by atoms with van der Waals surface area (Å²) in [6.45, 7) is 6.51. The molecule has 1 aromatic heterocycles. The zero-order valence-electron chi connectivity index (χ0n) is 24.8. The van der Waals surface area contributed by atoms with Crippen LogP contribution in [0.4, 0.5) is 0 Å². The Morgan fingerprint density at radius 1 is 1.07 bits per heavy atom. The SMILES string of the molecule is CCCCN1C(=O)[C@@H]([C@H](O)C2CCCCC2)NC(=O)C12CCN(Cc1ccc(Oc3ccc(C)[n+]([O-])c3)cc1)CC2.Cl. The van der Waals surface area contributed by atoms with Gasteiger partial charge in [0, 0.05) is 39.2 Å². The van der Waals surface area contributed by atoms with Crippen LogP contribution in [-0.4, -0.2) is 64.0 Å². The number of piperidine rings is 1. The number of aliphatic hydroxyl groups excluding tert-OH is 1. The number of piperazine rings is 1. The lowest BCUT2D eigenvalue weighted by Gasteiger charge is -2.52. The Morgan fingerprint density at radius 3 is 2.38 bits per heavy atom. The zero-order valence-corrected chi connectivity index (χ0v) is 25.6. The van der Waals surface area contributed by atoms with Crippen molar-refractivity contribution in [1.82, 2.24) is 15.1 Å². The zero-order chi connectivity index (χ0) is 29.0. The van der Waals surface area contributed by atoms with Gasteiger partial charge in [0.05, 0.1) is 6.10 Å². The molecule has 2 aliphatic heterocycles. The van der Waals surface area contributed by atoms with E-state index in [1.165, 1.54) is 12.6 Å². The van der Waals surface area contributed by atoms with Gasteiger partial charge in [0.15, 0.2) is 11.4 Å². The first-order valence-electron chi connectivity index (χ1n) is 15.3. The summed E-state index contributed by atoms with van der Waals surface area (Å²) in [7, 11) is 0. The van der Waals surface area contributed by atoms with Crippen LogP contribution in [0.5, 0.6) is 11.5 Å². The van der Waals surface area contributed by atoms with Crippen LogP contribution in [0.15, 0.2) is 42.6 Å². The first kappa shape index (κ1) is 32.0. The fraction of sp³-hybridized carbons (Fsp3) is 0.594. The van der Waals surface area contributed by atoms with E-state index in [1.807, 2.05) is 29.2 Å². The number of amides is 2. The van der Waals surface area contributed by atoms with E-state index < -0.39 is 17.7 Å². The van der Waals surface area contributed by atoms with Gasteiger partial charge in [-0.25, -0.2) is 0 Å². The van der Waals surface area contributed by atoms with Crippen LogP contribution in [0.2, 0.25) is 0 Å². The molecule has 0 bridgehead atoms. The molecule has 2 atom stereocenters. The van der Waals surface area contributed by atoms with Gasteiger partial charge >= 0.3 is 0 Å². The minimum Gasteiger partial charge on any atom is -0.618 e. The lowest BCUT2D eigenvalue weighted by Crippen LogP contribution is -2.75. The summed E-state index contributed by atoms with van der Waals surface area (Å²) >= 11 is 0. The van der Waals surface area contributed by atoms with E-state index in [1.54, 1.807) is 19.1 Å². The molecule has 2 amide bonds. The molecule has 42 heavy (non-hydrogen) atoms. The van der Waals surface area contributed by atoms with Crippen molar-refractivity contribution in [2.75, 3.05) is 19.6 Å². The van der Waals surface area contributed by atoms with Gasteiger partial charge in [0.2, 0.25) is 18.0 Å². The number of hydrogen-bond acceptors (Lipinski definition) is 6. The van der Waals surface area contributed by atoms with E-state index in [-0.39, 0.29) is 30.1 Å². The maximum Gasteiger partial charge on any atom is 0.248 e. The van der Waals surface area contributed by atoms with Crippen molar-refractivity contribution in [2.45, 2.75) is 95.9 Å². The first-order valence-corrected chi connectivity index (χ1v) is 15.3. The highest BCUT2D eigenvalue weighted by atomic mass is 35.5. The highest BCUT2D eigenvalue weighted by molar-refractivity contribution is 6.00. The van der Waals surface area contributed by atoms with E-state index in [0.29, 0.717) is 49.7 Å². The average molecular weight is 601 g/mol. The van der Waals surface area contributed by atoms with Gasteiger partial charge < -0.3 is 25.3 Å². The van der Waals surface area contributed by atoms with Gasteiger partial charge in [-0.1, -0.05) is 44.7 Å². The Morgan fingerprint density at radius 2 is 1.74 bits per heavy atom. The topological polar surface area (TPSA) is 109 Å². The number of aryl methyl sites for hydroxylation is 1. The van der Waals surface area contributed by atoms with E-state index in [9.17, 15) is 19.9 Å². The molecule has 1 saturated carbocycles. The Kier molecular flexibility index (Phi) is 10.7. The summed E-state index contributed by atoms with van der Waals surface area (Å²) in [6.07, 6.45) is 8.64. The highest BCUT2D eigenvalue weighted by Gasteiger charge is 2.55. The average Bonchev–Trinajstić information content (AvgIpc) is 2.99. The number of aromatic nitrogens is 1. The first-order chi connectivity index (χ1) is 19.8. The van der Waals surface area contributed by atoms with Gasteiger partial charge in [-0.3, -0.25) is 14.5 Å². The molecule has 10 heteroatoms. The smallest absolute Gasteiger partial charge is 0.248 e. The number of halogens is 1. The van der Waals surface area contributed by atoms with Crippen molar-refractivity contribution in [1.29, 1.82) is 0 Å². The third kappa shape index (κ3) is 6.84. The molecule has 3 heterocycles. The molecule has 230 valence electrons. The van der Waals surface area contributed by atoms with Gasteiger partial charge in [0.1, 0.15) is 17.3 Å². The molecule has 9 nitrogen and oxygen atoms in total. The molecule has 1 spiro atoms. The predicted molar refractivity (Wildman–Crippen MR) is 162 cm³/mol. The normalized spacial score (nSPS) is 22.0. The summed E-state index contributed by atoms with van der Waals surface area (Å²) in [6, 6.07) is 10.5. The fourth-order valence-electron chi connectivity index (χ4n) is 6.69. The van der Waals surface area contributed by atoms with Gasteiger partial charge in [-0.05, 0) is 61.8 Å². The molecule has 2 N–H and O–H groups in total. The molecule has 0 radical (unpaired) electrons. The van der Waals surface area contributed by atoms with Gasteiger partial charge in [0.25, 0.3) is 0 Å². The van der Waals surface area contributed by atoms with Crippen LogP contribution in [0, 0.1) is 18.0 Å². The highest BCUT2D eigenvalue weighted by Crippen LogP contribution is 2.36. The van der Waals surface area contributed by atoms with Crippen LogP contribution < -0.4 is 14.8 Å². The Bertz CT molecular complexity index is 1210. The summed E-state index contributed by atoms with van der Waals surface area (Å²) in [4.78, 5) is 31.7. The number of pyridine rings is 1. The van der Waals surface area contributed by atoms with Crippen LogP contribution in [-0.2, 0) is 16.1 Å². The second-order valence-corrected chi connectivity index (χ2v) is 12.1. The largest absolute Gasteiger partial charge is 0.618 e. The molecule has 3 fully saturated rings. The summed E-state index contributed by atoms with van der Waals surface area (Å²) in [5.41, 5.74) is 0.880. The minimum atomic E-state index is -0.851. The lowest BCUT2D eigenvalue weighted by atomic mass is 9.78. The van der Waals surface area contributed by atoms with Crippen LogP contribution >= 0.6 is 12.4 Å². The molecule has 2 aromatic rings. The summed E-state index contributed by atoms with van der Waals surface area (Å²) in [5.74, 6) is 0.991. The molecule has 5 rings (SSSR count). The number of likely N-dealkylation sites (tertiary alicyclic amines) is 1.